The number of amides is 1. The summed E-state index contributed by atoms with van der Waals surface area (Å²) in [7, 11) is 0. The Bertz CT molecular complexity index is 790. The molecule has 3 rings (SSSR count). The fourth-order valence-corrected chi connectivity index (χ4v) is 2.67. The molecule has 0 atom stereocenters. The molecule has 0 radical (unpaired) electrons. The molecule has 9 heteroatoms. The third-order valence-corrected chi connectivity index (χ3v) is 3.92. The van der Waals surface area contributed by atoms with Crippen LogP contribution >= 0.6 is 0 Å². The van der Waals surface area contributed by atoms with Crippen molar-refractivity contribution in [3.05, 3.63) is 46.5 Å². The summed E-state index contributed by atoms with van der Waals surface area (Å²) in [5.74, 6) is -6.75. The Morgan fingerprint density at radius 1 is 1.12 bits per heavy atom. The van der Waals surface area contributed by atoms with Crippen molar-refractivity contribution in [3.8, 4) is 0 Å². The summed E-state index contributed by atoms with van der Waals surface area (Å²) < 4.78 is 54.7. The van der Waals surface area contributed by atoms with Crippen molar-refractivity contribution in [2.75, 3.05) is 6.54 Å². The van der Waals surface area contributed by atoms with Crippen LogP contribution in [0.4, 0.5) is 17.6 Å². The number of halogens is 4. The van der Waals surface area contributed by atoms with E-state index < -0.39 is 34.7 Å². The lowest BCUT2D eigenvalue weighted by molar-refractivity contribution is 0.0947. The molecule has 128 valence electrons. The standard InChI is InChI=1S/C15H14F4N4O/c16-9-7-8(12(17)14(19)13(9)18)15(24)20-5-4-11-22-21-10-3-1-2-6-23(10)11/h7H,1-6H2,(H,20,24). The molecule has 0 unspecified atom stereocenters. The molecule has 5 nitrogen and oxygen atoms in total. The molecule has 0 fully saturated rings. The van der Waals surface area contributed by atoms with Gasteiger partial charge in [0.25, 0.3) is 5.91 Å². The van der Waals surface area contributed by atoms with Crippen molar-refractivity contribution in [3.63, 3.8) is 0 Å². The van der Waals surface area contributed by atoms with Crippen LogP contribution in [0.5, 0.6) is 0 Å². The number of aryl methyl sites for hydroxylation is 1. The lowest BCUT2D eigenvalue weighted by Gasteiger charge is -2.14. The number of carbonyl (C=O) groups excluding carboxylic acids is 1. The minimum atomic E-state index is -2.01. The van der Waals surface area contributed by atoms with Gasteiger partial charge in [0.2, 0.25) is 0 Å². The van der Waals surface area contributed by atoms with Gasteiger partial charge >= 0.3 is 0 Å². The van der Waals surface area contributed by atoms with E-state index in [1.165, 1.54) is 0 Å². The Morgan fingerprint density at radius 2 is 1.92 bits per heavy atom. The first-order chi connectivity index (χ1) is 11.5. The Kier molecular flexibility index (Phi) is 4.50. The molecule has 2 heterocycles. The first kappa shape index (κ1) is 16.4. The SMILES string of the molecule is O=C(NCCc1nnc2n1CCCC2)c1cc(F)c(F)c(F)c1F. The average molecular weight is 342 g/mol. The molecule has 0 spiro atoms. The van der Waals surface area contributed by atoms with Gasteiger partial charge in [-0.2, -0.15) is 0 Å². The Hall–Kier alpha value is -2.45. The number of rotatable bonds is 4. The minimum absolute atomic E-state index is 0.0804. The molecule has 0 saturated heterocycles. The zero-order chi connectivity index (χ0) is 17.3. The first-order valence-electron chi connectivity index (χ1n) is 7.51. The summed E-state index contributed by atoms with van der Waals surface area (Å²) >= 11 is 0. The number of fused-ring (bicyclic) bond motifs is 1. The quantitative estimate of drug-likeness (QED) is 0.526. The summed E-state index contributed by atoms with van der Waals surface area (Å²) in [6, 6.07) is 0.335. The maximum Gasteiger partial charge on any atom is 0.254 e. The fraction of sp³-hybridized carbons (Fsp3) is 0.400. The number of carbonyl (C=O) groups is 1. The molecule has 1 aliphatic heterocycles. The summed E-state index contributed by atoms with van der Waals surface area (Å²) in [6.45, 7) is 0.881. The number of nitrogens with one attached hydrogen (secondary N) is 1. The van der Waals surface area contributed by atoms with Gasteiger partial charge in [0.05, 0.1) is 5.56 Å². The van der Waals surface area contributed by atoms with Crippen molar-refractivity contribution >= 4 is 5.91 Å². The second-order valence-corrected chi connectivity index (χ2v) is 5.49. The van der Waals surface area contributed by atoms with E-state index in [9.17, 15) is 22.4 Å². The van der Waals surface area contributed by atoms with E-state index in [0.717, 1.165) is 31.6 Å². The van der Waals surface area contributed by atoms with E-state index in [2.05, 4.69) is 15.5 Å². The van der Waals surface area contributed by atoms with Gasteiger partial charge < -0.3 is 9.88 Å². The van der Waals surface area contributed by atoms with Gasteiger partial charge in [0.15, 0.2) is 23.3 Å². The van der Waals surface area contributed by atoms with E-state index in [1.807, 2.05) is 4.57 Å². The largest absolute Gasteiger partial charge is 0.351 e. The molecule has 2 aromatic rings. The monoisotopic (exact) mass is 342 g/mol. The van der Waals surface area contributed by atoms with Gasteiger partial charge in [-0.25, -0.2) is 17.6 Å². The molecule has 24 heavy (non-hydrogen) atoms. The van der Waals surface area contributed by atoms with Crippen LogP contribution in [0.15, 0.2) is 6.07 Å². The smallest absolute Gasteiger partial charge is 0.254 e. The number of benzene rings is 1. The molecule has 0 bridgehead atoms. The second kappa shape index (κ2) is 6.58. The highest BCUT2D eigenvalue weighted by atomic mass is 19.2. The van der Waals surface area contributed by atoms with Crippen LogP contribution in [0, 0.1) is 23.3 Å². The molecule has 1 aliphatic rings. The van der Waals surface area contributed by atoms with E-state index >= 15 is 0 Å². The molecular weight excluding hydrogens is 328 g/mol. The molecule has 0 saturated carbocycles. The Morgan fingerprint density at radius 3 is 2.71 bits per heavy atom. The summed E-state index contributed by atoms with van der Waals surface area (Å²) in [6.07, 6.45) is 3.25. The van der Waals surface area contributed by atoms with Crippen molar-refractivity contribution < 1.29 is 22.4 Å². The van der Waals surface area contributed by atoms with Gasteiger partial charge in [0, 0.05) is 25.9 Å². The van der Waals surface area contributed by atoms with Gasteiger partial charge in [-0.1, -0.05) is 0 Å². The van der Waals surface area contributed by atoms with Gasteiger partial charge in [-0.15, -0.1) is 10.2 Å². The van der Waals surface area contributed by atoms with E-state index in [1.54, 1.807) is 0 Å². The molecule has 0 aliphatic carbocycles. The van der Waals surface area contributed by atoms with E-state index in [-0.39, 0.29) is 6.54 Å². The van der Waals surface area contributed by atoms with Crippen molar-refractivity contribution in [1.82, 2.24) is 20.1 Å². The number of hydrogen-bond donors (Lipinski definition) is 1. The van der Waals surface area contributed by atoms with E-state index in [4.69, 9.17) is 0 Å². The zero-order valence-corrected chi connectivity index (χ0v) is 12.6. The maximum absolute atomic E-state index is 13.5. The molecular formula is C15H14F4N4O. The predicted molar refractivity (Wildman–Crippen MR) is 75.3 cm³/mol. The molecule has 1 aromatic carbocycles. The topological polar surface area (TPSA) is 59.8 Å². The Labute approximate surface area is 134 Å². The molecule has 1 amide bonds. The minimum Gasteiger partial charge on any atom is -0.351 e. The van der Waals surface area contributed by atoms with Crippen LogP contribution in [-0.2, 0) is 19.4 Å². The van der Waals surface area contributed by atoms with Crippen molar-refractivity contribution in [2.24, 2.45) is 0 Å². The number of hydrogen-bond acceptors (Lipinski definition) is 3. The van der Waals surface area contributed by atoms with Crippen LogP contribution in [-0.4, -0.2) is 27.2 Å². The first-order valence-corrected chi connectivity index (χ1v) is 7.51. The average Bonchev–Trinajstić information content (AvgIpc) is 2.99. The summed E-state index contributed by atoms with van der Waals surface area (Å²) in [4.78, 5) is 11.8. The summed E-state index contributed by atoms with van der Waals surface area (Å²) in [5, 5.41) is 10.4. The number of aromatic nitrogens is 3. The van der Waals surface area contributed by atoms with Crippen molar-refractivity contribution in [2.45, 2.75) is 32.2 Å². The van der Waals surface area contributed by atoms with Crippen molar-refractivity contribution in [1.29, 1.82) is 0 Å². The van der Waals surface area contributed by atoms with Gasteiger partial charge in [-0.3, -0.25) is 4.79 Å². The van der Waals surface area contributed by atoms with Gasteiger partial charge in [0.1, 0.15) is 11.6 Å². The fourth-order valence-electron chi connectivity index (χ4n) is 2.67. The highest BCUT2D eigenvalue weighted by Gasteiger charge is 2.23. The van der Waals surface area contributed by atoms with Crippen LogP contribution in [0.1, 0.15) is 34.8 Å². The lowest BCUT2D eigenvalue weighted by Crippen LogP contribution is -2.28. The van der Waals surface area contributed by atoms with Gasteiger partial charge in [-0.05, 0) is 18.9 Å². The van der Waals surface area contributed by atoms with Crippen LogP contribution < -0.4 is 5.32 Å². The highest BCUT2D eigenvalue weighted by molar-refractivity contribution is 5.94. The normalized spacial score (nSPS) is 13.7. The molecule has 1 aromatic heterocycles. The summed E-state index contributed by atoms with van der Waals surface area (Å²) in [5.41, 5.74) is -0.880. The lowest BCUT2D eigenvalue weighted by atomic mass is 10.1. The Balaban J connectivity index is 1.65. The highest BCUT2D eigenvalue weighted by Crippen LogP contribution is 2.19. The predicted octanol–water partition coefficient (Wildman–Crippen LogP) is 2.14. The third-order valence-electron chi connectivity index (χ3n) is 3.92. The third kappa shape index (κ3) is 2.98. The maximum atomic E-state index is 13.5. The second-order valence-electron chi connectivity index (χ2n) is 5.49. The van der Waals surface area contributed by atoms with Crippen LogP contribution in [0.25, 0.3) is 0 Å². The number of nitrogens with zero attached hydrogens (tertiary/aromatic N) is 3. The molecule has 1 N–H and O–H groups in total. The van der Waals surface area contributed by atoms with E-state index in [0.29, 0.717) is 18.3 Å². The zero-order valence-electron chi connectivity index (χ0n) is 12.6. The van der Waals surface area contributed by atoms with Crippen LogP contribution in [0.2, 0.25) is 0 Å². The van der Waals surface area contributed by atoms with Crippen LogP contribution in [0.3, 0.4) is 0 Å².